The molecule has 0 bridgehead atoms. The van der Waals surface area contributed by atoms with Crippen molar-refractivity contribution in [2.45, 2.75) is 46.2 Å². The normalized spacial score (nSPS) is 11.4. The lowest BCUT2D eigenvalue weighted by atomic mass is 10.1. The van der Waals surface area contributed by atoms with E-state index in [1.165, 1.54) is 13.1 Å². The molecule has 0 saturated heterocycles. The van der Waals surface area contributed by atoms with Gasteiger partial charge < -0.3 is 10.0 Å². The monoisotopic (exact) mass is 324 g/mol. The summed E-state index contributed by atoms with van der Waals surface area (Å²) in [5.41, 5.74) is 1.90. The van der Waals surface area contributed by atoms with Crippen LogP contribution in [0.2, 0.25) is 5.02 Å². The van der Waals surface area contributed by atoms with Crippen LogP contribution < -0.4 is 0 Å². The maximum absolute atomic E-state index is 11.5. The highest BCUT2D eigenvalue weighted by atomic mass is 35.5. The lowest BCUT2D eigenvalue weighted by Gasteiger charge is -2.20. The fraction of sp³-hybridized carbons (Fsp3) is 0.533. The molecule has 1 N–H and O–H groups in total. The van der Waals surface area contributed by atoms with Gasteiger partial charge in [-0.25, -0.2) is 4.98 Å². The summed E-state index contributed by atoms with van der Waals surface area (Å²) < 4.78 is 1.78. The third-order valence-corrected chi connectivity index (χ3v) is 4.31. The van der Waals surface area contributed by atoms with Crippen LogP contribution in [0.3, 0.4) is 0 Å². The first kappa shape index (κ1) is 16.5. The van der Waals surface area contributed by atoms with Crippen molar-refractivity contribution in [3.8, 4) is 6.01 Å². The van der Waals surface area contributed by atoms with Crippen molar-refractivity contribution in [3.63, 3.8) is 0 Å². The fourth-order valence-corrected chi connectivity index (χ4v) is 2.79. The van der Waals surface area contributed by atoms with Crippen LogP contribution in [0.15, 0.2) is 6.20 Å². The van der Waals surface area contributed by atoms with Crippen molar-refractivity contribution in [1.82, 2.24) is 19.4 Å². The number of carbonyl (C=O) groups is 1. The molecule has 0 atom stereocenters. The van der Waals surface area contributed by atoms with Crippen LogP contribution >= 0.6 is 11.6 Å². The summed E-state index contributed by atoms with van der Waals surface area (Å²) in [5.74, 6) is -0.0566. The van der Waals surface area contributed by atoms with Gasteiger partial charge >= 0.3 is 0 Å². The van der Waals surface area contributed by atoms with E-state index in [1.54, 1.807) is 16.5 Å². The molecule has 2 aromatic rings. The molecule has 7 heteroatoms. The number of nitrogens with zero attached hydrogens (tertiary/aromatic N) is 4. The minimum Gasteiger partial charge on any atom is -0.480 e. The van der Waals surface area contributed by atoms with Crippen LogP contribution in [0.5, 0.6) is 6.01 Å². The molecule has 0 fully saturated rings. The second kappa shape index (κ2) is 6.52. The number of hydrogen-bond acceptors (Lipinski definition) is 4. The van der Waals surface area contributed by atoms with Crippen molar-refractivity contribution < 1.29 is 9.90 Å². The van der Waals surface area contributed by atoms with Crippen molar-refractivity contribution >= 4 is 28.7 Å². The van der Waals surface area contributed by atoms with Crippen LogP contribution in [0.25, 0.3) is 11.2 Å². The molecule has 120 valence electrons. The Morgan fingerprint density at radius 2 is 2.09 bits per heavy atom. The molecule has 0 aromatic carbocycles. The van der Waals surface area contributed by atoms with Gasteiger partial charge in [-0.3, -0.25) is 9.36 Å². The number of rotatable bonds is 5. The van der Waals surface area contributed by atoms with E-state index >= 15 is 0 Å². The smallest absolute Gasteiger partial charge is 0.296 e. The molecule has 6 nitrogen and oxygen atoms in total. The largest absolute Gasteiger partial charge is 0.480 e. The van der Waals surface area contributed by atoms with Crippen molar-refractivity contribution in [3.05, 3.63) is 16.8 Å². The van der Waals surface area contributed by atoms with E-state index in [0.29, 0.717) is 22.7 Å². The first-order valence-corrected chi connectivity index (χ1v) is 7.74. The van der Waals surface area contributed by atoms with Crippen LogP contribution in [-0.2, 0) is 11.3 Å². The lowest BCUT2D eigenvalue weighted by molar-refractivity contribution is -0.128. The highest BCUT2D eigenvalue weighted by Crippen LogP contribution is 2.33. The zero-order valence-corrected chi connectivity index (χ0v) is 14.1. The zero-order chi connectivity index (χ0) is 16.4. The van der Waals surface area contributed by atoms with E-state index in [1.807, 2.05) is 0 Å². The van der Waals surface area contributed by atoms with E-state index in [0.717, 1.165) is 18.4 Å². The molecule has 0 aliphatic carbocycles. The quantitative estimate of drug-likeness (QED) is 0.917. The summed E-state index contributed by atoms with van der Waals surface area (Å²) in [7, 11) is 1.71. The minimum absolute atomic E-state index is 0.0566. The molecule has 2 aromatic heterocycles. The van der Waals surface area contributed by atoms with Crippen LogP contribution in [0.4, 0.5) is 0 Å². The highest BCUT2D eigenvalue weighted by Gasteiger charge is 2.22. The zero-order valence-electron chi connectivity index (χ0n) is 13.3. The molecule has 2 rings (SSSR count). The molecule has 0 aliphatic heterocycles. The molecule has 0 aliphatic rings. The minimum atomic E-state index is -0.0646. The summed E-state index contributed by atoms with van der Waals surface area (Å²) in [5, 5.41) is 10.7. The second-order valence-electron chi connectivity index (χ2n) is 5.38. The van der Waals surface area contributed by atoms with E-state index < -0.39 is 0 Å². The third kappa shape index (κ3) is 2.88. The number of imidazole rings is 1. The van der Waals surface area contributed by atoms with Crippen molar-refractivity contribution in [2.75, 3.05) is 7.05 Å². The summed E-state index contributed by atoms with van der Waals surface area (Å²) in [6.07, 6.45) is 3.21. The molecule has 22 heavy (non-hydrogen) atoms. The first-order valence-electron chi connectivity index (χ1n) is 7.36. The fourth-order valence-electron chi connectivity index (χ4n) is 2.59. The third-order valence-electron chi connectivity index (χ3n) is 3.99. The van der Waals surface area contributed by atoms with E-state index in [-0.39, 0.29) is 18.0 Å². The van der Waals surface area contributed by atoms with Gasteiger partial charge in [0, 0.05) is 38.3 Å². The topological polar surface area (TPSA) is 71.2 Å². The first-order chi connectivity index (χ1) is 10.4. The highest BCUT2D eigenvalue weighted by molar-refractivity contribution is 6.32. The Balaban J connectivity index is 2.68. The predicted molar refractivity (Wildman–Crippen MR) is 86.0 cm³/mol. The van der Waals surface area contributed by atoms with Gasteiger partial charge in [-0.2, -0.15) is 4.98 Å². The van der Waals surface area contributed by atoms with Crippen molar-refractivity contribution in [1.29, 1.82) is 0 Å². The molecule has 1 amide bonds. The molecule has 0 saturated carbocycles. The maximum atomic E-state index is 11.5. The number of hydrogen-bond donors (Lipinski definition) is 1. The Kier molecular flexibility index (Phi) is 4.90. The summed E-state index contributed by atoms with van der Waals surface area (Å²) in [6, 6.07) is 0.0387. The van der Waals surface area contributed by atoms with Crippen LogP contribution in [-0.4, -0.2) is 37.5 Å². The molecular weight excluding hydrogens is 304 g/mol. The second-order valence-corrected chi connectivity index (χ2v) is 5.79. The van der Waals surface area contributed by atoms with Gasteiger partial charge in [-0.05, 0) is 12.8 Å². The number of aromatic nitrogens is 3. The van der Waals surface area contributed by atoms with Gasteiger partial charge in [0.05, 0.1) is 10.5 Å². The van der Waals surface area contributed by atoms with Crippen LogP contribution in [0, 0.1) is 0 Å². The Hall–Kier alpha value is -1.82. The van der Waals surface area contributed by atoms with Crippen LogP contribution in [0.1, 0.15) is 45.2 Å². The average Bonchev–Trinajstić information content (AvgIpc) is 2.80. The number of halogens is 1. The summed E-state index contributed by atoms with van der Waals surface area (Å²) in [6.45, 7) is 5.96. The summed E-state index contributed by atoms with van der Waals surface area (Å²) in [4.78, 5) is 21.4. The molecule has 0 radical (unpaired) electrons. The van der Waals surface area contributed by atoms with Gasteiger partial charge in [0.15, 0.2) is 5.65 Å². The molecule has 2 heterocycles. The maximum Gasteiger partial charge on any atom is 0.296 e. The number of amides is 1. The summed E-state index contributed by atoms with van der Waals surface area (Å²) >= 11 is 6.30. The van der Waals surface area contributed by atoms with Crippen molar-refractivity contribution in [2.24, 2.45) is 0 Å². The average molecular weight is 325 g/mol. The van der Waals surface area contributed by atoms with Gasteiger partial charge in [0.25, 0.3) is 6.01 Å². The lowest BCUT2D eigenvalue weighted by Crippen LogP contribution is -2.24. The number of fused-ring (bicyclic) bond motifs is 1. The predicted octanol–water partition coefficient (Wildman–Crippen LogP) is 3.13. The van der Waals surface area contributed by atoms with E-state index in [2.05, 4.69) is 23.8 Å². The molecule has 0 spiro atoms. The Morgan fingerprint density at radius 1 is 1.45 bits per heavy atom. The number of carbonyl (C=O) groups excluding carboxylic acids is 1. The van der Waals surface area contributed by atoms with Gasteiger partial charge in [0.1, 0.15) is 0 Å². The molecule has 0 unspecified atom stereocenters. The van der Waals surface area contributed by atoms with Gasteiger partial charge in [0.2, 0.25) is 5.91 Å². The number of aromatic hydroxyl groups is 1. The Bertz CT molecular complexity index is 694. The Morgan fingerprint density at radius 3 is 2.64 bits per heavy atom. The van der Waals surface area contributed by atoms with Gasteiger partial charge in [-0.15, -0.1) is 0 Å². The Labute approximate surface area is 134 Å². The molecular formula is C15H21ClN4O2. The van der Waals surface area contributed by atoms with E-state index in [4.69, 9.17) is 11.6 Å². The number of pyridine rings is 1. The van der Waals surface area contributed by atoms with Gasteiger partial charge in [-0.1, -0.05) is 25.4 Å². The standard InChI is InChI=1S/C15H21ClN4O2/c1-5-10(6-2)20-13-11(8-19(4)9(3)21)12(16)7-17-14(13)18-15(20)22/h7,10H,5-6,8H2,1-4H3,(H,17,18,22). The SMILES string of the molecule is CCC(CC)n1c(O)nc2ncc(Cl)c(CN(C)C(C)=O)c21. The van der Waals surface area contributed by atoms with E-state index in [9.17, 15) is 9.90 Å².